The highest BCUT2D eigenvalue weighted by atomic mass is 15.0. The number of rotatable bonds is 1. The highest BCUT2D eigenvalue weighted by molar-refractivity contribution is 5.18. The molecule has 0 spiro atoms. The maximum absolute atomic E-state index is 8.55. The van der Waals surface area contributed by atoms with Gasteiger partial charge in [0.1, 0.15) is 18.0 Å². The number of hydrogen-bond acceptors (Lipinski definition) is 5. The molecule has 5 nitrogen and oxygen atoms in total. The van der Waals surface area contributed by atoms with Gasteiger partial charge in [0.2, 0.25) is 11.6 Å². The van der Waals surface area contributed by atoms with Crippen molar-refractivity contribution in [3.8, 4) is 12.1 Å². The molecule has 0 saturated carbocycles. The van der Waals surface area contributed by atoms with Gasteiger partial charge in [-0.05, 0) is 0 Å². The standard InChI is InChI=1S/C8H7N5/c1-5(2)8-12-6(3-9)11-7(4-10)13-8/h5H,1-2H3. The average Bonchev–Trinajstić information content (AvgIpc) is 2.16. The Morgan fingerprint density at radius 1 is 1.00 bits per heavy atom. The summed E-state index contributed by atoms with van der Waals surface area (Å²) in [5.41, 5.74) is 0. The first-order valence-corrected chi connectivity index (χ1v) is 3.73. The second kappa shape index (κ2) is 3.59. The Kier molecular flexibility index (Phi) is 2.51. The van der Waals surface area contributed by atoms with Gasteiger partial charge in [0.25, 0.3) is 0 Å². The maximum atomic E-state index is 8.55. The van der Waals surface area contributed by atoms with Gasteiger partial charge in [0, 0.05) is 5.92 Å². The molecule has 0 aliphatic heterocycles. The molecule has 13 heavy (non-hydrogen) atoms. The van der Waals surface area contributed by atoms with Crippen molar-refractivity contribution in [2.24, 2.45) is 0 Å². The summed E-state index contributed by atoms with van der Waals surface area (Å²) in [5.74, 6) is 0.552. The fourth-order valence-corrected chi connectivity index (χ4v) is 0.751. The summed E-state index contributed by atoms with van der Waals surface area (Å²) in [5, 5.41) is 17.1. The molecule has 0 N–H and O–H groups in total. The summed E-state index contributed by atoms with van der Waals surface area (Å²) < 4.78 is 0. The first kappa shape index (κ1) is 9.08. The van der Waals surface area contributed by atoms with Crippen molar-refractivity contribution in [1.29, 1.82) is 10.5 Å². The summed E-state index contributed by atoms with van der Waals surface area (Å²) in [4.78, 5) is 11.3. The molecule has 0 bridgehead atoms. The third kappa shape index (κ3) is 1.97. The van der Waals surface area contributed by atoms with Crippen LogP contribution in [-0.4, -0.2) is 15.0 Å². The predicted octanol–water partition coefficient (Wildman–Crippen LogP) is 0.738. The van der Waals surface area contributed by atoms with E-state index < -0.39 is 0 Å². The topological polar surface area (TPSA) is 86.2 Å². The van der Waals surface area contributed by atoms with E-state index in [0.29, 0.717) is 5.82 Å². The van der Waals surface area contributed by atoms with E-state index in [1.807, 2.05) is 13.8 Å². The highest BCUT2D eigenvalue weighted by Crippen LogP contribution is 2.07. The minimum absolute atomic E-state index is 0.00440. The Morgan fingerprint density at radius 2 is 1.46 bits per heavy atom. The summed E-state index contributed by atoms with van der Waals surface area (Å²) in [6.07, 6.45) is 0. The van der Waals surface area contributed by atoms with Crippen LogP contribution in [0.5, 0.6) is 0 Å². The first-order chi connectivity index (χ1) is 6.17. The lowest BCUT2D eigenvalue weighted by atomic mass is 10.2. The van der Waals surface area contributed by atoms with E-state index in [4.69, 9.17) is 10.5 Å². The molecule has 0 unspecified atom stereocenters. The van der Waals surface area contributed by atoms with Crippen LogP contribution in [0.4, 0.5) is 0 Å². The molecule has 0 radical (unpaired) electrons. The van der Waals surface area contributed by atoms with Crippen LogP contribution in [0, 0.1) is 22.7 Å². The molecule has 1 aromatic heterocycles. The third-order valence-corrected chi connectivity index (χ3v) is 1.37. The van der Waals surface area contributed by atoms with Crippen LogP contribution in [0.3, 0.4) is 0 Å². The Hall–Kier alpha value is -2.01. The minimum atomic E-state index is -0.00440. The molecule has 1 rings (SSSR count). The highest BCUT2D eigenvalue weighted by Gasteiger charge is 2.08. The molecular formula is C8H7N5. The molecule has 0 atom stereocenters. The average molecular weight is 173 g/mol. The van der Waals surface area contributed by atoms with Crippen molar-refractivity contribution in [3.05, 3.63) is 17.5 Å². The van der Waals surface area contributed by atoms with Crippen LogP contribution in [0.25, 0.3) is 0 Å². The zero-order chi connectivity index (χ0) is 9.84. The van der Waals surface area contributed by atoms with E-state index in [0.717, 1.165) is 0 Å². The molecule has 0 fully saturated rings. The SMILES string of the molecule is CC(C)c1nc(C#N)nc(C#N)n1. The normalized spacial score (nSPS) is 9.31. The van der Waals surface area contributed by atoms with E-state index >= 15 is 0 Å². The van der Waals surface area contributed by atoms with Crippen molar-refractivity contribution in [2.45, 2.75) is 19.8 Å². The van der Waals surface area contributed by atoms with Gasteiger partial charge in [0.05, 0.1) is 0 Å². The van der Waals surface area contributed by atoms with Gasteiger partial charge >= 0.3 is 0 Å². The molecule has 0 aliphatic rings. The van der Waals surface area contributed by atoms with Crippen LogP contribution < -0.4 is 0 Å². The Bertz CT molecular complexity index is 364. The monoisotopic (exact) mass is 173 g/mol. The van der Waals surface area contributed by atoms with Gasteiger partial charge in [-0.3, -0.25) is 0 Å². The predicted molar refractivity (Wildman–Crippen MR) is 43.3 cm³/mol. The van der Waals surface area contributed by atoms with E-state index in [2.05, 4.69) is 15.0 Å². The lowest BCUT2D eigenvalue weighted by Gasteiger charge is -2.01. The van der Waals surface area contributed by atoms with Gasteiger partial charge in [-0.2, -0.15) is 15.5 Å². The van der Waals surface area contributed by atoms with E-state index in [9.17, 15) is 0 Å². The smallest absolute Gasteiger partial charge is 0.203 e. The largest absolute Gasteiger partial charge is 0.236 e. The lowest BCUT2D eigenvalue weighted by Crippen LogP contribution is -2.05. The number of hydrogen-bond donors (Lipinski definition) is 0. The molecule has 0 amide bonds. The second-order valence-electron chi connectivity index (χ2n) is 2.72. The summed E-state index contributed by atoms with van der Waals surface area (Å²) >= 11 is 0. The van der Waals surface area contributed by atoms with Crippen LogP contribution in [0.15, 0.2) is 0 Å². The summed E-state index contributed by atoms with van der Waals surface area (Å²) in [6, 6.07) is 3.57. The lowest BCUT2D eigenvalue weighted by molar-refractivity contribution is 0.748. The van der Waals surface area contributed by atoms with Crippen LogP contribution >= 0.6 is 0 Å². The molecule has 5 heteroatoms. The third-order valence-electron chi connectivity index (χ3n) is 1.37. The molecule has 0 aliphatic carbocycles. The van der Waals surface area contributed by atoms with E-state index in [1.165, 1.54) is 0 Å². The van der Waals surface area contributed by atoms with Gasteiger partial charge < -0.3 is 0 Å². The molecule has 0 saturated heterocycles. The molecular weight excluding hydrogens is 166 g/mol. The van der Waals surface area contributed by atoms with Gasteiger partial charge in [-0.15, -0.1) is 0 Å². The van der Waals surface area contributed by atoms with E-state index in [-0.39, 0.29) is 17.6 Å². The summed E-state index contributed by atoms with van der Waals surface area (Å²) in [7, 11) is 0. The quantitative estimate of drug-likeness (QED) is 0.625. The van der Waals surface area contributed by atoms with Crippen molar-refractivity contribution in [3.63, 3.8) is 0 Å². The zero-order valence-corrected chi connectivity index (χ0v) is 7.31. The number of nitrogens with zero attached hydrogens (tertiary/aromatic N) is 5. The second-order valence-corrected chi connectivity index (χ2v) is 2.72. The van der Waals surface area contributed by atoms with Crippen molar-refractivity contribution < 1.29 is 0 Å². The number of nitriles is 2. The van der Waals surface area contributed by atoms with E-state index in [1.54, 1.807) is 12.1 Å². The van der Waals surface area contributed by atoms with Crippen molar-refractivity contribution >= 4 is 0 Å². The van der Waals surface area contributed by atoms with Crippen LogP contribution in [0.2, 0.25) is 0 Å². The van der Waals surface area contributed by atoms with Gasteiger partial charge in [0.15, 0.2) is 0 Å². The number of aromatic nitrogens is 3. The maximum Gasteiger partial charge on any atom is 0.236 e. The fourth-order valence-electron chi connectivity index (χ4n) is 0.751. The zero-order valence-electron chi connectivity index (χ0n) is 7.31. The van der Waals surface area contributed by atoms with Crippen molar-refractivity contribution in [1.82, 2.24) is 15.0 Å². The minimum Gasteiger partial charge on any atom is -0.203 e. The Morgan fingerprint density at radius 3 is 1.77 bits per heavy atom. The Balaban J connectivity index is 3.27. The Labute approximate surface area is 75.7 Å². The van der Waals surface area contributed by atoms with Crippen LogP contribution in [0.1, 0.15) is 37.2 Å². The molecule has 0 aromatic carbocycles. The first-order valence-electron chi connectivity index (χ1n) is 3.73. The van der Waals surface area contributed by atoms with Gasteiger partial charge in [-0.1, -0.05) is 13.8 Å². The molecule has 1 aromatic rings. The summed E-state index contributed by atoms with van der Waals surface area (Å²) in [6.45, 7) is 3.77. The fraction of sp³-hybridized carbons (Fsp3) is 0.375. The molecule has 1 heterocycles. The molecule has 64 valence electrons. The van der Waals surface area contributed by atoms with Gasteiger partial charge in [-0.25, -0.2) is 9.97 Å². The van der Waals surface area contributed by atoms with Crippen LogP contribution in [-0.2, 0) is 0 Å². The van der Waals surface area contributed by atoms with Crippen molar-refractivity contribution in [2.75, 3.05) is 0 Å².